The van der Waals surface area contributed by atoms with E-state index in [2.05, 4.69) is 0 Å². The average molecular weight is 225 g/mol. The van der Waals surface area contributed by atoms with Crippen molar-refractivity contribution in [1.82, 2.24) is 0 Å². The molecule has 0 aliphatic carbocycles. The van der Waals surface area contributed by atoms with Crippen LogP contribution in [0.5, 0.6) is 0 Å². The predicted octanol–water partition coefficient (Wildman–Crippen LogP) is 3.01. The molecular weight excluding hydrogens is 212 g/mol. The molecule has 0 aromatic heterocycles. The van der Waals surface area contributed by atoms with Crippen LogP contribution < -0.4 is 0 Å². The van der Waals surface area contributed by atoms with Crippen LogP contribution in [0.3, 0.4) is 0 Å². The lowest BCUT2D eigenvalue weighted by Crippen LogP contribution is -2.19. The summed E-state index contributed by atoms with van der Waals surface area (Å²) in [6.45, 7) is 2.61. The molecule has 1 atom stereocenters. The summed E-state index contributed by atoms with van der Waals surface area (Å²) in [5.41, 5.74) is 1.64. The van der Waals surface area contributed by atoms with Crippen molar-refractivity contribution in [2.75, 3.05) is 6.61 Å². The maximum Gasteiger partial charge on any atom is 0.191 e. The van der Waals surface area contributed by atoms with Gasteiger partial charge in [-0.2, -0.15) is 0 Å². The first-order valence-electron chi connectivity index (χ1n) is 5.10. The van der Waals surface area contributed by atoms with Gasteiger partial charge in [0.1, 0.15) is 6.10 Å². The Kier molecular flexibility index (Phi) is 3.08. The lowest BCUT2D eigenvalue weighted by atomic mass is 10.0. The number of hydrogen-bond acceptors (Lipinski definition) is 2. The summed E-state index contributed by atoms with van der Waals surface area (Å²) in [6.07, 6.45) is 1.53. The minimum Gasteiger partial charge on any atom is -0.370 e. The molecule has 1 saturated heterocycles. The van der Waals surface area contributed by atoms with Gasteiger partial charge < -0.3 is 4.74 Å². The highest BCUT2D eigenvalue weighted by atomic mass is 35.5. The number of aryl methyl sites for hydroxylation is 1. The summed E-state index contributed by atoms with van der Waals surface area (Å²) in [4.78, 5) is 11.9. The third-order valence-corrected chi connectivity index (χ3v) is 3.09. The van der Waals surface area contributed by atoms with Crippen LogP contribution in [0.15, 0.2) is 18.2 Å². The van der Waals surface area contributed by atoms with Crippen LogP contribution in [-0.4, -0.2) is 18.5 Å². The number of halogens is 1. The number of carbonyl (C=O) groups excluding carboxylic acids is 1. The van der Waals surface area contributed by atoms with E-state index in [1.165, 1.54) is 0 Å². The van der Waals surface area contributed by atoms with Crippen LogP contribution in [0.4, 0.5) is 0 Å². The van der Waals surface area contributed by atoms with Crippen LogP contribution >= 0.6 is 11.6 Å². The van der Waals surface area contributed by atoms with Gasteiger partial charge in [0, 0.05) is 17.2 Å². The number of hydrogen-bond donors (Lipinski definition) is 0. The first-order valence-corrected chi connectivity index (χ1v) is 5.48. The second-order valence-corrected chi connectivity index (χ2v) is 4.24. The standard InChI is InChI=1S/C12H13ClO2/c1-8-4-5-9(7-10(8)13)12(14)11-3-2-6-15-11/h4-5,7,11H,2-3,6H2,1H3. The highest BCUT2D eigenvalue weighted by molar-refractivity contribution is 6.31. The molecule has 15 heavy (non-hydrogen) atoms. The zero-order valence-corrected chi connectivity index (χ0v) is 9.38. The van der Waals surface area contributed by atoms with Gasteiger partial charge in [-0.1, -0.05) is 23.7 Å². The average Bonchev–Trinajstić information content (AvgIpc) is 2.74. The molecule has 2 rings (SSSR count). The van der Waals surface area contributed by atoms with Crippen LogP contribution in [-0.2, 0) is 4.74 Å². The normalized spacial score (nSPS) is 20.5. The largest absolute Gasteiger partial charge is 0.370 e. The predicted molar refractivity (Wildman–Crippen MR) is 59.5 cm³/mol. The number of rotatable bonds is 2. The van der Waals surface area contributed by atoms with Gasteiger partial charge in [0.15, 0.2) is 5.78 Å². The zero-order chi connectivity index (χ0) is 10.8. The number of ether oxygens (including phenoxy) is 1. The molecule has 80 valence electrons. The number of Topliss-reactive ketones (excluding diaryl/α,β-unsaturated/α-hetero) is 1. The van der Waals surface area contributed by atoms with Crippen molar-refractivity contribution in [3.63, 3.8) is 0 Å². The van der Waals surface area contributed by atoms with Crippen molar-refractivity contribution < 1.29 is 9.53 Å². The molecule has 1 aliphatic rings. The van der Waals surface area contributed by atoms with Crippen molar-refractivity contribution >= 4 is 17.4 Å². The summed E-state index contributed by atoms with van der Waals surface area (Å²) in [6, 6.07) is 5.40. The molecule has 1 fully saturated rings. The smallest absolute Gasteiger partial charge is 0.191 e. The van der Waals surface area contributed by atoms with Crippen LogP contribution in [0.2, 0.25) is 5.02 Å². The van der Waals surface area contributed by atoms with Gasteiger partial charge >= 0.3 is 0 Å². The van der Waals surface area contributed by atoms with Crippen LogP contribution in [0, 0.1) is 6.92 Å². The van der Waals surface area contributed by atoms with Gasteiger partial charge in [-0.05, 0) is 31.4 Å². The number of carbonyl (C=O) groups is 1. The maximum absolute atomic E-state index is 11.9. The molecule has 0 spiro atoms. The van der Waals surface area contributed by atoms with Crippen molar-refractivity contribution in [2.45, 2.75) is 25.9 Å². The molecule has 1 aliphatic heterocycles. The molecule has 1 unspecified atom stereocenters. The first-order chi connectivity index (χ1) is 7.18. The molecule has 0 radical (unpaired) electrons. The summed E-state index contributed by atoms with van der Waals surface area (Å²) in [5.74, 6) is 0.0504. The van der Waals surface area contributed by atoms with E-state index in [0.717, 1.165) is 18.4 Å². The molecule has 1 heterocycles. The van der Waals surface area contributed by atoms with Crippen LogP contribution in [0.25, 0.3) is 0 Å². The zero-order valence-electron chi connectivity index (χ0n) is 8.63. The van der Waals surface area contributed by atoms with E-state index in [1.807, 2.05) is 19.1 Å². The SMILES string of the molecule is Cc1ccc(C(=O)C2CCCO2)cc1Cl. The monoisotopic (exact) mass is 224 g/mol. The second-order valence-electron chi connectivity index (χ2n) is 3.83. The lowest BCUT2D eigenvalue weighted by molar-refractivity contribution is 0.0643. The fraction of sp³-hybridized carbons (Fsp3) is 0.417. The fourth-order valence-corrected chi connectivity index (χ4v) is 1.90. The molecule has 2 nitrogen and oxygen atoms in total. The van der Waals surface area contributed by atoms with Crippen molar-refractivity contribution in [3.8, 4) is 0 Å². The van der Waals surface area contributed by atoms with Crippen LogP contribution in [0.1, 0.15) is 28.8 Å². The minimum atomic E-state index is -0.260. The van der Waals surface area contributed by atoms with E-state index >= 15 is 0 Å². The summed E-state index contributed by atoms with van der Waals surface area (Å²) >= 11 is 5.97. The highest BCUT2D eigenvalue weighted by Crippen LogP contribution is 2.21. The molecule has 3 heteroatoms. The van der Waals surface area contributed by atoms with Gasteiger partial charge in [0.2, 0.25) is 0 Å². The Labute approximate surface area is 94.2 Å². The molecule has 0 bridgehead atoms. The van der Waals surface area contributed by atoms with Crippen molar-refractivity contribution in [1.29, 1.82) is 0 Å². The van der Waals surface area contributed by atoms with E-state index < -0.39 is 0 Å². The fourth-order valence-electron chi connectivity index (χ4n) is 1.72. The Morgan fingerprint density at radius 2 is 2.33 bits per heavy atom. The van der Waals surface area contributed by atoms with E-state index in [1.54, 1.807) is 6.07 Å². The Balaban J connectivity index is 2.21. The quantitative estimate of drug-likeness (QED) is 0.722. The highest BCUT2D eigenvalue weighted by Gasteiger charge is 2.24. The Bertz CT molecular complexity index is 381. The first kappa shape index (κ1) is 10.7. The Morgan fingerprint density at radius 1 is 1.53 bits per heavy atom. The third kappa shape index (κ3) is 2.21. The topological polar surface area (TPSA) is 26.3 Å². The molecule has 1 aromatic carbocycles. The Hall–Kier alpha value is -0.860. The van der Waals surface area contributed by atoms with Gasteiger partial charge in [0.05, 0.1) is 0 Å². The molecule has 0 N–H and O–H groups in total. The molecule has 0 amide bonds. The van der Waals surface area contributed by atoms with E-state index in [0.29, 0.717) is 17.2 Å². The maximum atomic E-state index is 11.9. The Morgan fingerprint density at radius 3 is 2.93 bits per heavy atom. The minimum absolute atomic E-state index is 0.0504. The van der Waals surface area contributed by atoms with E-state index in [-0.39, 0.29) is 11.9 Å². The van der Waals surface area contributed by atoms with Gasteiger partial charge in [0.25, 0.3) is 0 Å². The molecule has 0 saturated carbocycles. The second kappa shape index (κ2) is 4.33. The molecule has 1 aromatic rings. The third-order valence-electron chi connectivity index (χ3n) is 2.68. The van der Waals surface area contributed by atoms with Crippen molar-refractivity contribution in [2.24, 2.45) is 0 Å². The number of ketones is 1. The molecular formula is C12H13ClO2. The van der Waals surface area contributed by atoms with Gasteiger partial charge in [-0.3, -0.25) is 4.79 Å². The van der Waals surface area contributed by atoms with E-state index in [4.69, 9.17) is 16.3 Å². The lowest BCUT2D eigenvalue weighted by Gasteiger charge is -2.08. The summed E-state index contributed by atoms with van der Waals surface area (Å²) in [7, 11) is 0. The number of benzene rings is 1. The van der Waals surface area contributed by atoms with Gasteiger partial charge in [-0.15, -0.1) is 0 Å². The summed E-state index contributed by atoms with van der Waals surface area (Å²) in [5, 5.41) is 0.638. The van der Waals surface area contributed by atoms with E-state index in [9.17, 15) is 4.79 Å². The van der Waals surface area contributed by atoms with Crippen molar-refractivity contribution in [3.05, 3.63) is 34.3 Å². The summed E-state index contributed by atoms with van der Waals surface area (Å²) < 4.78 is 5.35. The van der Waals surface area contributed by atoms with Gasteiger partial charge in [-0.25, -0.2) is 0 Å².